The summed E-state index contributed by atoms with van der Waals surface area (Å²) in [7, 11) is 0. The Morgan fingerprint density at radius 2 is 1.76 bits per heavy atom. The zero-order chi connectivity index (χ0) is 14.9. The molecule has 0 aliphatic rings. The molecule has 0 aromatic heterocycles. The molecule has 0 aliphatic carbocycles. The van der Waals surface area contributed by atoms with Gasteiger partial charge in [0.1, 0.15) is 5.75 Å². The van der Waals surface area contributed by atoms with E-state index in [2.05, 4.69) is 18.8 Å². The number of para-hydroxylation sites is 1. The van der Waals surface area contributed by atoms with Crippen molar-refractivity contribution >= 4 is 5.97 Å². The molecule has 0 radical (unpaired) electrons. The Morgan fingerprint density at radius 3 is 2.52 bits per heavy atom. The number of rotatable bonds is 4. The average Bonchev–Trinajstić information content (AvgIpc) is 2.53. The van der Waals surface area contributed by atoms with Gasteiger partial charge in [-0.15, -0.1) is 0 Å². The van der Waals surface area contributed by atoms with Gasteiger partial charge < -0.3 is 4.74 Å². The van der Waals surface area contributed by atoms with E-state index in [1.807, 2.05) is 54.6 Å². The van der Waals surface area contributed by atoms with Crippen molar-refractivity contribution in [1.29, 1.82) is 0 Å². The molecule has 0 saturated carbocycles. The molecule has 0 heterocycles. The molecule has 0 bridgehead atoms. The van der Waals surface area contributed by atoms with Gasteiger partial charge in [0, 0.05) is 11.5 Å². The normalized spacial score (nSPS) is 9.57. The van der Waals surface area contributed by atoms with Gasteiger partial charge in [0.15, 0.2) is 0 Å². The number of esters is 1. The third-order valence-electron chi connectivity index (χ3n) is 3.06. The smallest absolute Gasteiger partial charge is 0.390 e. The van der Waals surface area contributed by atoms with E-state index in [1.54, 1.807) is 0 Å². The quantitative estimate of drug-likeness (QED) is 0.480. The van der Waals surface area contributed by atoms with Crippen LogP contribution in [-0.4, -0.2) is 5.97 Å². The highest BCUT2D eigenvalue weighted by atomic mass is 16.5. The van der Waals surface area contributed by atoms with Gasteiger partial charge >= 0.3 is 5.97 Å². The van der Waals surface area contributed by atoms with Crippen LogP contribution >= 0.6 is 0 Å². The van der Waals surface area contributed by atoms with Crippen molar-refractivity contribution in [2.45, 2.75) is 26.2 Å². The number of unbranched alkanes of at least 4 members (excludes halogenated alkanes) is 1. The highest BCUT2D eigenvalue weighted by Crippen LogP contribution is 2.20. The molecular weight excluding hydrogens is 260 g/mol. The number of ether oxygens (including phenoxy) is 1. The second kappa shape index (κ2) is 7.91. The van der Waals surface area contributed by atoms with E-state index in [0.29, 0.717) is 5.75 Å². The van der Waals surface area contributed by atoms with Crippen LogP contribution in [0.3, 0.4) is 0 Å². The van der Waals surface area contributed by atoms with Crippen LogP contribution in [-0.2, 0) is 11.2 Å². The van der Waals surface area contributed by atoms with Gasteiger partial charge in [-0.3, -0.25) is 0 Å². The second-order valence-corrected chi connectivity index (χ2v) is 4.72. The fourth-order valence-corrected chi connectivity index (χ4v) is 1.95. The van der Waals surface area contributed by atoms with E-state index < -0.39 is 5.97 Å². The summed E-state index contributed by atoms with van der Waals surface area (Å²) in [5, 5.41) is 0. The van der Waals surface area contributed by atoms with Gasteiger partial charge in [-0.25, -0.2) is 4.79 Å². The average molecular weight is 278 g/mol. The van der Waals surface area contributed by atoms with Gasteiger partial charge in [-0.05, 0) is 36.6 Å². The van der Waals surface area contributed by atoms with Crippen molar-refractivity contribution in [3.63, 3.8) is 0 Å². The third-order valence-corrected chi connectivity index (χ3v) is 3.06. The standard InChI is InChI=1S/C19H18O2/c1-2-3-11-17-12-7-8-13-18(17)21-19(20)15-14-16-9-5-4-6-10-16/h4-10,12-13H,2-3,11H2,1H3. The summed E-state index contributed by atoms with van der Waals surface area (Å²) < 4.78 is 5.35. The van der Waals surface area contributed by atoms with Gasteiger partial charge in [-0.1, -0.05) is 55.7 Å². The first-order chi connectivity index (χ1) is 10.3. The Kier molecular flexibility index (Phi) is 5.60. The largest absolute Gasteiger partial charge is 0.417 e. The monoisotopic (exact) mass is 278 g/mol. The van der Waals surface area contributed by atoms with E-state index in [-0.39, 0.29) is 0 Å². The Hall–Kier alpha value is -2.53. The maximum absolute atomic E-state index is 11.8. The Morgan fingerprint density at radius 1 is 1.05 bits per heavy atom. The van der Waals surface area contributed by atoms with Crippen molar-refractivity contribution in [1.82, 2.24) is 0 Å². The molecule has 2 nitrogen and oxygen atoms in total. The number of hydrogen-bond donors (Lipinski definition) is 0. The first-order valence-corrected chi connectivity index (χ1v) is 7.16. The Balaban J connectivity index is 2.05. The molecule has 106 valence electrons. The summed E-state index contributed by atoms with van der Waals surface area (Å²) in [6, 6.07) is 17.0. The molecule has 21 heavy (non-hydrogen) atoms. The summed E-state index contributed by atoms with van der Waals surface area (Å²) in [6.45, 7) is 2.14. The minimum Gasteiger partial charge on any atom is -0.417 e. The van der Waals surface area contributed by atoms with Crippen LogP contribution < -0.4 is 4.74 Å². The van der Waals surface area contributed by atoms with Gasteiger partial charge in [0.25, 0.3) is 0 Å². The maximum Gasteiger partial charge on any atom is 0.390 e. The van der Waals surface area contributed by atoms with Crippen LogP contribution in [0.4, 0.5) is 0 Å². The Labute approximate surface area is 125 Å². The van der Waals surface area contributed by atoms with Gasteiger partial charge in [-0.2, -0.15) is 0 Å². The van der Waals surface area contributed by atoms with Crippen LogP contribution in [0.5, 0.6) is 5.75 Å². The van der Waals surface area contributed by atoms with E-state index >= 15 is 0 Å². The maximum atomic E-state index is 11.8. The van der Waals surface area contributed by atoms with E-state index in [9.17, 15) is 4.79 Å². The van der Waals surface area contributed by atoms with Crippen molar-refractivity contribution in [3.8, 4) is 17.6 Å². The number of carbonyl (C=O) groups is 1. The van der Waals surface area contributed by atoms with Crippen molar-refractivity contribution in [2.75, 3.05) is 0 Å². The first-order valence-electron chi connectivity index (χ1n) is 7.16. The lowest BCUT2D eigenvalue weighted by atomic mass is 10.1. The molecule has 0 fully saturated rings. The molecule has 2 heteroatoms. The lowest BCUT2D eigenvalue weighted by Crippen LogP contribution is -2.06. The summed E-state index contributed by atoms with van der Waals surface area (Å²) >= 11 is 0. The van der Waals surface area contributed by atoms with Gasteiger partial charge in [0.05, 0.1) is 0 Å². The molecule has 0 unspecified atom stereocenters. The van der Waals surface area contributed by atoms with E-state index in [0.717, 1.165) is 30.4 Å². The number of hydrogen-bond acceptors (Lipinski definition) is 2. The van der Waals surface area contributed by atoms with Crippen LogP contribution in [0.25, 0.3) is 0 Å². The zero-order valence-electron chi connectivity index (χ0n) is 12.1. The van der Waals surface area contributed by atoms with E-state index in [1.165, 1.54) is 0 Å². The highest BCUT2D eigenvalue weighted by Gasteiger charge is 2.06. The minimum absolute atomic E-state index is 0.525. The molecule has 2 aromatic rings. The predicted molar refractivity (Wildman–Crippen MR) is 84.0 cm³/mol. The minimum atomic E-state index is -0.525. The van der Waals surface area contributed by atoms with Crippen LogP contribution in [0.1, 0.15) is 30.9 Å². The molecule has 0 saturated heterocycles. The fraction of sp³-hybridized carbons (Fsp3) is 0.211. The molecule has 0 aliphatic heterocycles. The SMILES string of the molecule is CCCCc1ccccc1OC(=O)C#Cc1ccccc1. The number of carbonyl (C=O) groups excluding carboxylic acids is 1. The van der Waals surface area contributed by atoms with Gasteiger partial charge in [0.2, 0.25) is 0 Å². The topological polar surface area (TPSA) is 26.3 Å². The zero-order valence-corrected chi connectivity index (χ0v) is 12.1. The van der Waals surface area contributed by atoms with E-state index in [4.69, 9.17) is 4.74 Å². The molecule has 0 atom stereocenters. The molecule has 2 aromatic carbocycles. The van der Waals surface area contributed by atoms with Crippen LogP contribution in [0.15, 0.2) is 54.6 Å². The Bertz CT molecular complexity index is 648. The first kappa shape index (κ1) is 14.9. The molecule has 0 spiro atoms. The molecule has 0 N–H and O–H groups in total. The van der Waals surface area contributed by atoms with Crippen molar-refractivity contribution in [3.05, 3.63) is 65.7 Å². The lowest BCUT2D eigenvalue weighted by Gasteiger charge is -2.07. The molecular formula is C19H18O2. The fourth-order valence-electron chi connectivity index (χ4n) is 1.95. The second-order valence-electron chi connectivity index (χ2n) is 4.72. The van der Waals surface area contributed by atoms with Crippen molar-refractivity contribution in [2.24, 2.45) is 0 Å². The van der Waals surface area contributed by atoms with Crippen molar-refractivity contribution < 1.29 is 9.53 Å². The summed E-state index contributed by atoms with van der Waals surface area (Å²) in [4.78, 5) is 11.8. The summed E-state index contributed by atoms with van der Waals surface area (Å²) in [6.07, 6.45) is 3.09. The summed E-state index contributed by atoms with van der Waals surface area (Å²) in [5.74, 6) is 5.41. The van der Waals surface area contributed by atoms with Crippen LogP contribution in [0.2, 0.25) is 0 Å². The highest BCUT2D eigenvalue weighted by molar-refractivity contribution is 5.91. The van der Waals surface area contributed by atoms with Crippen LogP contribution in [0, 0.1) is 11.8 Å². The number of aryl methyl sites for hydroxylation is 1. The predicted octanol–water partition coefficient (Wildman–Crippen LogP) is 3.99. The third kappa shape index (κ3) is 4.81. The summed E-state index contributed by atoms with van der Waals surface area (Å²) in [5.41, 5.74) is 1.85. The number of benzene rings is 2. The molecule has 2 rings (SSSR count). The molecule has 0 amide bonds. The lowest BCUT2D eigenvalue weighted by molar-refractivity contribution is -0.128.